The number of carbonyl (C=O) groups is 1. The molecule has 0 fully saturated rings. The molecule has 0 saturated heterocycles. The Morgan fingerprint density at radius 1 is 1.12 bits per heavy atom. The first kappa shape index (κ1) is 20.8. The van der Waals surface area contributed by atoms with Crippen molar-refractivity contribution in [3.63, 3.8) is 0 Å². The van der Waals surface area contributed by atoms with E-state index < -0.39 is 4.92 Å². The van der Waals surface area contributed by atoms with Gasteiger partial charge in [-0.3, -0.25) is 14.9 Å². The van der Waals surface area contributed by atoms with Gasteiger partial charge in [0.05, 0.1) is 4.92 Å². The van der Waals surface area contributed by atoms with Crippen LogP contribution in [0.3, 0.4) is 0 Å². The molecular weight excluding hydrogens is 342 g/mol. The Bertz CT molecular complexity index is 687. The fraction of sp³-hybridized carbons (Fsp3) is 0.316. The summed E-state index contributed by atoms with van der Waals surface area (Å²) in [5.41, 5.74) is 1.58. The van der Waals surface area contributed by atoms with Crippen LogP contribution in [0.1, 0.15) is 35.3 Å². The zero-order chi connectivity index (χ0) is 18.7. The predicted molar refractivity (Wildman–Crippen MR) is 99.6 cm³/mol. The fourth-order valence-electron chi connectivity index (χ4n) is 2.17. The van der Waals surface area contributed by atoms with Gasteiger partial charge in [-0.25, -0.2) is 0 Å². The molecule has 0 N–H and O–H groups in total. The van der Waals surface area contributed by atoms with Crippen molar-refractivity contribution in [3.05, 3.63) is 75.3 Å². The number of alkyl halides is 1. The van der Waals surface area contributed by atoms with E-state index in [0.29, 0.717) is 29.0 Å². The lowest BCUT2D eigenvalue weighted by Gasteiger charge is -2.07. The monoisotopic (exact) mass is 363 g/mol. The molecule has 0 radical (unpaired) electrons. The summed E-state index contributed by atoms with van der Waals surface area (Å²) in [6, 6.07) is 13.1. The number of rotatable bonds is 7. The van der Waals surface area contributed by atoms with Crippen LogP contribution in [0.25, 0.3) is 0 Å². The maximum atomic E-state index is 12.4. The fourth-order valence-corrected chi connectivity index (χ4v) is 2.38. The summed E-state index contributed by atoms with van der Waals surface area (Å²) in [4.78, 5) is 22.7. The van der Waals surface area contributed by atoms with Crippen molar-refractivity contribution in [2.24, 2.45) is 0 Å². The van der Waals surface area contributed by atoms with Crippen molar-refractivity contribution in [2.45, 2.75) is 20.3 Å². The lowest BCUT2D eigenvalue weighted by molar-refractivity contribution is -0.384. The highest BCUT2D eigenvalue weighted by Gasteiger charge is 2.16. The van der Waals surface area contributed by atoms with Gasteiger partial charge in [0.1, 0.15) is 0 Å². The molecule has 0 aliphatic rings. The molecule has 0 spiro atoms. The number of halogens is 1. The smallest absolute Gasteiger partial charge is 0.269 e. The van der Waals surface area contributed by atoms with Gasteiger partial charge < -0.3 is 4.74 Å². The minimum absolute atomic E-state index is 0.0327. The van der Waals surface area contributed by atoms with Crippen LogP contribution in [0, 0.1) is 10.1 Å². The average Bonchev–Trinajstić information content (AvgIpc) is 2.63. The number of non-ortho nitro benzene ring substituents is 1. The van der Waals surface area contributed by atoms with Crippen LogP contribution in [0.4, 0.5) is 5.69 Å². The number of benzene rings is 2. The van der Waals surface area contributed by atoms with E-state index in [9.17, 15) is 14.9 Å². The van der Waals surface area contributed by atoms with Crippen molar-refractivity contribution in [1.29, 1.82) is 0 Å². The first-order valence-electron chi connectivity index (χ1n) is 8.05. The zero-order valence-electron chi connectivity index (χ0n) is 14.4. The molecule has 6 heteroatoms. The number of ether oxygens (including phenoxy) is 1. The van der Waals surface area contributed by atoms with Gasteiger partial charge in [0.2, 0.25) is 0 Å². The number of ketones is 1. The summed E-state index contributed by atoms with van der Waals surface area (Å²) in [6.07, 6.45) is 0.414. The Kier molecular flexibility index (Phi) is 9.43. The third-order valence-electron chi connectivity index (χ3n) is 3.35. The maximum Gasteiger partial charge on any atom is 0.269 e. The molecule has 0 bridgehead atoms. The quantitative estimate of drug-likeness (QED) is 0.311. The lowest BCUT2D eigenvalue weighted by Crippen LogP contribution is -2.06. The van der Waals surface area contributed by atoms with Crippen LogP contribution >= 0.6 is 11.6 Å². The summed E-state index contributed by atoms with van der Waals surface area (Å²) in [5, 5.41) is 10.8. The molecule has 0 aliphatic carbocycles. The van der Waals surface area contributed by atoms with E-state index in [0.717, 1.165) is 13.2 Å². The number of carbonyl (C=O) groups excluding carboxylic acids is 1. The summed E-state index contributed by atoms with van der Waals surface area (Å²) >= 11 is 5.71. The molecule has 2 aromatic carbocycles. The van der Waals surface area contributed by atoms with Gasteiger partial charge in [-0.2, -0.15) is 0 Å². The highest BCUT2D eigenvalue weighted by Crippen LogP contribution is 2.21. The second-order valence-corrected chi connectivity index (χ2v) is 5.39. The maximum absolute atomic E-state index is 12.4. The Morgan fingerprint density at radius 2 is 1.76 bits per heavy atom. The predicted octanol–water partition coefficient (Wildman–Crippen LogP) is 4.65. The zero-order valence-corrected chi connectivity index (χ0v) is 15.2. The molecule has 25 heavy (non-hydrogen) atoms. The van der Waals surface area contributed by atoms with Crippen LogP contribution in [-0.2, 0) is 11.2 Å². The van der Waals surface area contributed by atoms with E-state index in [1.54, 1.807) is 24.3 Å². The van der Waals surface area contributed by atoms with E-state index in [4.69, 9.17) is 16.3 Å². The van der Waals surface area contributed by atoms with Gasteiger partial charge in [-0.1, -0.05) is 30.3 Å². The van der Waals surface area contributed by atoms with Gasteiger partial charge in [0, 0.05) is 42.4 Å². The van der Waals surface area contributed by atoms with Crippen LogP contribution in [0.15, 0.2) is 48.5 Å². The van der Waals surface area contributed by atoms with Gasteiger partial charge >= 0.3 is 0 Å². The van der Waals surface area contributed by atoms with E-state index >= 15 is 0 Å². The first-order chi connectivity index (χ1) is 12.0. The Morgan fingerprint density at radius 3 is 2.24 bits per heavy atom. The SMILES string of the molecule is CCOCC.O=C(c1ccccc1)c1ccc([N+](=O)[O-])cc1CCCl. The largest absolute Gasteiger partial charge is 0.382 e. The molecule has 0 unspecified atom stereocenters. The molecule has 0 aromatic heterocycles. The highest BCUT2D eigenvalue weighted by molar-refractivity contribution is 6.18. The van der Waals surface area contributed by atoms with Crippen LogP contribution in [-0.4, -0.2) is 29.8 Å². The molecule has 2 rings (SSSR count). The van der Waals surface area contributed by atoms with Crippen LogP contribution < -0.4 is 0 Å². The van der Waals surface area contributed by atoms with E-state index in [1.165, 1.54) is 18.2 Å². The normalized spacial score (nSPS) is 9.88. The van der Waals surface area contributed by atoms with Gasteiger partial charge in [-0.05, 0) is 31.9 Å². The molecule has 0 amide bonds. The van der Waals surface area contributed by atoms with Crippen molar-refractivity contribution in [3.8, 4) is 0 Å². The number of aryl methyl sites for hydroxylation is 1. The van der Waals surface area contributed by atoms with E-state index in [1.807, 2.05) is 19.9 Å². The first-order valence-corrected chi connectivity index (χ1v) is 8.59. The second kappa shape index (κ2) is 11.3. The summed E-state index contributed by atoms with van der Waals surface area (Å²) in [7, 11) is 0. The molecule has 0 atom stereocenters. The number of nitro groups is 1. The summed E-state index contributed by atoms with van der Waals surface area (Å²) < 4.78 is 4.83. The third-order valence-corrected chi connectivity index (χ3v) is 3.54. The van der Waals surface area contributed by atoms with Gasteiger partial charge in [-0.15, -0.1) is 11.6 Å². The number of nitro benzene ring substituents is 1. The Hall–Kier alpha value is -2.24. The van der Waals surface area contributed by atoms with Gasteiger partial charge in [0.25, 0.3) is 5.69 Å². The molecule has 0 heterocycles. The minimum Gasteiger partial charge on any atom is -0.382 e. The molecule has 0 aliphatic heterocycles. The van der Waals surface area contributed by atoms with E-state index in [2.05, 4.69) is 0 Å². The van der Waals surface area contributed by atoms with Gasteiger partial charge in [0.15, 0.2) is 5.78 Å². The topological polar surface area (TPSA) is 69.4 Å². The highest BCUT2D eigenvalue weighted by atomic mass is 35.5. The van der Waals surface area contributed by atoms with Crippen molar-refractivity contribution in [2.75, 3.05) is 19.1 Å². The lowest BCUT2D eigenvalue weighted by atomic mass is 9.96. The molecule has 2 aromatic rings. The Labute approximate surface area is 152 Å². The second-order valence-electron chi connectivity index (χ2n) is 5.01. The number of nitrogens with zero attached hydrogens (tertiary/aromatic N) is 1. The van der Waals surface area contributed by atoms with E-state index in [-0.39, 0.29) is 11.5 Å². The standard InChI is InChI=1S/C15H12ClNO3.C4H10O/c16-9-8-12-10-13(17(19)20)6-7-14(12)15(18)11-4-2-1-3-5-11;1-3-5-4-2/h1-7,10H,8-9H2;3-4H2,1-2H3. The number of hydrogen-bond donors (Lipinski definition) is 0. The van der Waals surface area contributed by atoms with Crippen molar-refractivity contribution >= 4 is 23.1 Å². The van der Waals surface area contributed by atoms with Crippen LogP contribution in [0.2, 0.25) is 0 Å². The molecule has 5 nitrogen and oxygen atoms in total. The number of hydrogen-bond acceptors (Lipinski definition) is 4. The van der Waals surface area contributed by atoms with Crippen molar-refractivity contribution in [1.82, 2.24) is 0 Å². The third kappa shape index (κ3) is 6.64. The summed E-state index contributed by atoms with van der Waals surface area (Å²) in [5.74, 6) is 0.150. The minimum atomic E-state index is -0.478. The summed E-state index contributed by atoms with van der Waals surface area (Å²) in [6.45, 7) is 5.67. The molecule has 0 saturated carbocycles. The average molecular weight is 364 g/mol. The van der Waals surface area contributed by atoms with Crippen LogP contribution in [0.5, 0.6) is 0 Å². The Balaban J connectivity index is 0.000000550. The molecular formula is C19H22ClNO4. The van der Waals surface area contributed by atoms with Crippen molar-refractivity contribution < 1.29 is 14.5 Å². The molecule has 134 valence electrons.